The van der Waals surface area contributed by atoms with Gasteiger partial charge in [0, 0.05) is 32.2 Å². The molecule has 0 unspecified atom stereocenters. The lowest BCUT2D eigenvalue weighted by atomic mass is 9.83. The summed E-state index contributed by atoms with van der Waals surface area (Å²) in [5.74, 6) is 1.80. The molecule has 1 heterocycles. The minimum absolute atomic E-state index is 0.0201. The lowest BCUT2D eigenvalue weighted by molar-refractivity contribution is 0.0478. The van der Waals surface area contributed by atoms with Crippen molar-refractivity contribution in [3.63, 3.8) is 0 Å². The van der Waals surface area contributed by atoms with Crippen LogP contribution >= 0.6 is 0 Å². The normalized spacial score (nSPS) is 22.7. The van der Waals surface area contributed by atoms with Gasteiger partial charge in [-0.25, -0.2) is 14.1 Å². The van der Waals surface area contributed by atoms with Crippen molar-refractivity contribution in [2.45, 2.75) is 50.5 Å². The maximum Gasteiger partial charge on any atom is 0.188 e. The molecule has 0 saturated heterocycles. The molecule has 7 nitrogen and oxygen atoms in total. The number of benzene rings is 1. The lowest BCUT2D eigenvalue weighted by Crippen LogP contribution is -2.41. The molecule has 0 aliphatic heterocycles. The number of hydrogen-bond donors (Lipinski definition) is 1. The topological polar surface area (TPSA) is 84.4 Å². The number of methoxy groups -OCH3 is 2. The van der Waals surface area contributed by atoms with Gasteiger partial charge in [0.1, 0.15) is 24.0 Å². The standard InChI is InChI=1S/C19H27FN4O3/c1-25-9-8-24-19(13-6-7-17(26-2)16(21)10-13)22-18(23-24)12-27-15-5-3-4-14(20)11-15/h3-5,11,13,16-17H,6-10,12,21H2,1-2H3/t13-,16+,17+/m0/s1. The van der Waals surface area contributed by atoms with Crippen molar-refractivity contribution in [1.82, 2.24) is 14.8 Å². The van der Waals surface area contributed by atoms with Crippen LogP contribution in [0, 0.1) is 5.82 Å². The summed E-state index contributed by atoms with van der Waals surface area (Å²) >= 11 is 0. The van der Waals surface area contributed by atoms with E-state index < -0.39 is 0 Å². The average molecular weight is 378 g/mol. The molecule has 148 valence electrons. The van der Waals surface area contributed by atoms with E-state index in [9.17, 15) is 4.39 Å². The van der Waals surface area contributed by atoms with Crippen LogP contribution in [0.4, 0.5) is 4.39 Å². The molecule has 0 radical (unpaired) electrons. The molecule has 1 saturated carbocycles. The van der Waals surface area contributed by atoms with Crippen molar-refractivity contribution in [2.75, 3.05) is 20.8 Å². The number of rotatable bonds is 8. The van der Waals surface area contributed by atoms with E-state index in [1.807, 2.05) is 4.68 Å². The van der Waals surface area contributed by atoms with Gasteiger partial charge in [-0.1, -0.05) is 6.07 Å². The Bertz CT molecular complexity index is 739. The second-order valence-corrected chi connectivity index (χ2v) is 6.80. The fourth-order valence-corrected chi connectivity index (χ4v) is 3.52. The Hall–Kier alpha value is -2.03. The second-order valence-electron chi connectivity index (χ2n) is 6.80. The Kier molecular flexibility index (Phi) is 6.76. The van der Waals surface area contributed by atoms with Crippen molar-refractivity contribution in [1.29, 1.82) is 0 Å². The summed E-state index contributed by atoms with van der Waals surface area (Å²) in [7, 11) is 3.36. The molecule has 3 rings (SSSR count). The number of aromatic nitrogens is 3. The van der Waals surface area contributed by atoms with Gasteiger partial charge < -0.3 is 19.9 Å². The summed E-state index contributed by atoms with van der Waals surface area (Å²) in [5.41, 5.74) is 6.26. The van der Waals surface area contributed by atoms with E-state index in [2.05, 4.69) is 5.10 Å². The monoisotopic (exact) mass is 378 g/mol. The Morgan fingerprint density at radius 2 is 2.15 bits per heavy atom. The predicted octanol–water partition coefficient (Wildman–Crippen LogP) is 2.25. The highest BCUT2D eigenvalue weighted by molar-refractivity contribution is 5.22. The van der Waals surface area contributed by atoms with E-state index in [4.69, 9.17) is 24.9 Å². The van der Waals surface area contributed by atoms with Crippen LogP contribution in [-0.2, 0) is 22.6 Å². The van der Waals surface area contributed by atoms with Gasteiger partial charge >= 0.3 is 0 Å². The number of nitrogens with two attached hydrogens (primary N) is 1. The Labute approximate surface area is 158 Å². The second kappa shape index (κ2) is 9.25. The van der Waals surface area contributed by atoms with E-state index in [1.54, 1.807) is 26.4 Å². The molecule has 1 fully saturated rings. The van der Waals surface area contributed by atoms with Crippen LogP contribution in [0.2, 0.25) is 0 Å². The Morgan fingerprint density at radius 3 is 2.85 bits per heavy atom. The molecular weight excluding hydrogens is 351 g/mol. The molecule has 1 aromatic carbocycles. The maximum atomic E-state index is 13.3. The summed E-state index contributed by atoms with van der Waals surface area (Å²) in [6, 6.07) is 6.01. The first-order valence-electron chi connectivity index (χ1n) is 9.20. The van der Waals surface area contributed by atoms with Crippen LogP contribution < -0.4 is 10.5 Å². The maximum absolute atomic E-state index is 13.3. The first-order valence-corrected chi connectivity index (χ1v) is 9.20. The van der Waals surface area contributed by atoms with E-state index in [-0.39, 0.29) is 30.5 Å². The zero-order valence-electron chi connectivity index (χ0n) is 15.8. The molecule has 2 aromatic rings. The summed E-state index contributed by atoms with van der Waals surface area (Å²) in [6.07, 6.45) is 2.73. The van der Waals surface area contributed by atoms with Gasteiger partial charge in [0.2, 0.25) is 0 Å². The minimum Gasteiger partial charge on any atom is -0.485 e. The van der Waals surface area contributed by atoms with Gasteiger partial charge in [-0.3, -0.25) is 0 Å². The highest BCUT2D eigenvalue weighted by atomic mass is 19.1. The number of ether oxygens (including phenoxy) is 3. The molecule has 0 amide bonds. The molecular formula is C19H27FN4O3. The van der Waals surface area contributed by atoms with Crippen molar-refractivity contribution < 1.29 is 18.6 Å². The van der Waals surface area contributed by atoms with E-state index in [0.29, 0.717) is 24.7 Å². The van der Waals surface area contributed by atoms with Crippen LogP contribution in [0.25, 0.3) is 0 Å². The van der Waals surface area contributed by atoms with Crippen LogP contribution in [-0.4, -0.2) is 47.7 Å². The molecule has 0 spiro atoms. The first kappa shape index (κ1) is 19.7. The van der Waals surface area contributed by atoms with Crippen LogP contribution in [0.3, 0.4) is 0 Å². The highest BCUT2D eigenvalue weighted by Gasteiger charge is 2.32. The first-order chi connectivity index (χ1) is 13.1. The van der Waals surface area contributed by atoms with Crippen molar-refractivity contribution >= 4 is 0 Å². The molecule has 2 N–H and O–H groups in total. The highest BCUT2D eigenvalue weighted by Crippen LogP contribution is 2.32. The smallest absolute Gasteiger partial charge is 0.188 e. The largest absolute Gasteiger partial charge is 0.485 e. The quantitative estimate of drug-likeness (QED) is 0.758. The third-order valence-corrected chi connectivity index (χ3v) is 4.92. The zero-order chi connectivity index (χ0) is 19.2. The van der Waals surface area contributed by atoms with Crippen LogP contribution in [0.15, 0.2) is 24.3 Å². The van der Waals surface area contributed by atoms with Gasteiger partial charge in [0.05, 0.1) is 19.3 Å². The SMILES string of the molecule is COCCn1nc(COc2cccc(F)c2)nc1[C@H]1CC[C@@H](OC)[C@H](N)C1. The Balaban J connectivity index is 1.72. The van der Waals surface area contributed by atoms with Gasteiger partial charge in [-0.2, -0.15) is 5.10 Å². The minimum atomic E-state index is -0.337. The number of halogens is 1. The van der Waals surface area contributed by atoms with Crippen molar-refractivity contribution in [3.05, 3.63) is 41.7 Å². The van der Waals surface area contributed by atoms with Crippen molar-refractivity contribution in [2.24, 2.45) is 5.73 Å². The molecule has 0 bridgehead atoms. The zero-order valence-corrected chi connectivity index (χ0v) is 15.8. The molecule has 27 heavy (non-hydrogen) atoms. The number of hydrogen-bond acceptors (Lipinski definition) is 6. The van der Waals surface area contributed by atoms with Crippen LogP contribution in [0.5, 0.6) is 5.75 Å². The lowest BCUT2D eigenvalue weighted by Gasteiger charge is -2.32. The van der Waals surface area contributed by atoms with Gasteiger partial charge in [0.25, 0.3) is 0 Å². The molecule has 3 atom stereocenters. The number of nitrogens with zero attached hydrogens (tertiary/aromatic N) is 3. The van der Waals surface area contributed by atoms with E-state index in [1.165, 1.54) is 12.1 Å². The van der Waals surface area contributed by atoms with Gasteiger partial charge in [0.15, 0.2) is 5.82 Å². The Morgan fingerprint density at radius 1 is 1.30 bits per heavy atom. The third-order valence-electron chi connectivity index (χ3n) is 4.92. The van der Waals surface area contributed by atoms with E-state index in [0.717, 1.165) is 25.1 Å². The molecule has 1 aliphatic carbocycles. The molecule has 8 heteroatoms. The average Bonchev–Trinajstić information content (AvgIpc) is 3.08. The van der Waals surface area contributed by atoms with Gasteiger partial charge in [-0.15, -0.1) is 0 Å². The summed E-state index contributed by atoms with van der Waals surface area (Å²) in [4.78, 5) is 4.69. The predicted molar refractivity (Wildman–Crippen MR) is 98.0 cm³/mol. The fourth-order valence-electron chi connectivity index (χ4n) is 3.52. The van der Waals surface area contributed by atoms with Gasteiger partial charge in [-0.05, 0) is 31.4 Å². The third kappa shape index (κ3) is 5.03. The summed E-state index contributed by atoms with van der Waals surface area (Å²) < 4.78 is 31.4. The summed E-state index contributed by atoms with van der Waals surface area (Å²) in [6.45, 7) is 1.33. The fraction of sp³-hybridized carbons (Fsp3) is 0.579. The van der Waals surface area contributed by atoms with Crippen molar-refractivity contribution in [3.8, 4) is 5.75 Å². The summed E-state index contributed by atoms with van der Waals surface area (Å²) in [5, 5.41) is 4.56. The molecule has 1 aromatic heterocycles. The van der Waals surface area contributed by atoms with E-state index >= 15 is 0 Å². The van der Waals surface area contributed by atoms with Crippen LogP contribution in [0.1, 0.15) is 36.8 Å². The molecule has 1 aliphatic rings.